The predicted octanol–water partition coefficient (Wildman–Crippen LogP) is 3.25. The predicted molar refractivity (Wildman–Crippen MR) is 103 cm³/mol. The molecule has 146 valence electrons. The zero-order chi connectivity index (χ0) is 21.0. The molecule has 9 heteroatoms. The number of nitrogens with zero attached hydrogens (tertiary/aromatic N) is 2. The lowest BCUT2D eigenvalue weighted by molar-refractivity contribution is -0.112. The Labute approximate surface area is 166 Å². The highest BCUT2D eigenvalue weighted by molar-refractivity contribution is 7.91. The second kappa shape index (κ2) is 8.00. The number of amides is 1. The van der Waals surface area contributed by atoms with Crippen LogP contribution in [0.25, 0.3) is 5.76 Å². The molecule has 2 N–H and O–H groups in total. The SMILES string of the molecule is Cc1oncc1/C(O)=C(\C#N)C(=O)Nc1ccc(S(=O)(=O)c2ccccc2)cc1. The Bertz CT molecular complexity index is 1220. The van der Waals surface area contributed by atoms with Crippen LogP contribution in [0.2, 0.25) is 0 Å². The van der Waals surface area contributed by atoms with Gasteiger partial charge in [0.05, 0.1) is 21.6 Å². The molecule has 29 heavy (non-hydrogen) atoms. The van der Waals surface area contributed by atoms with Gasteiger partial charge < -0.3 is 14.9 Å². The van der Waals surface area contributed by atoms with E-state index in [1.165, 1.54) is 49.5 Å². The monoisotopic (exact) mass is 409 g/mol. The van der Waals surface area contributed by atoms with Gasteiger partial charge in [0, 0.05) is 5.69 Å². The molecule has 1 amide bonds. The number of nitrogens with one attached hydrogen (secondary N) is 1. The van der Waals surface area contributed by atoms with Crippen molar-refractivity contribution in [2.24, 2.45) is 0 Å². The quantitative estimate of drug-likeness (QED) is 0.375. The van der Waals surface area contributed by atoms with Crippen molar-refractivity contribution >= 4 is 27.2 Å². The van der Waals surface area contributed by atoms with E-state index in [9.17, 15) is 23.6 Å². The Balaban J connectivity index is 1.84. The molecule has 2 aromatic carbocycles. The molecule has 0 saturated carbocycles. The van der Waals surface area contributed by atoms with Crippen molar-refractivity contribution in [3.63, 3.8) is 0 Å². The van der Waals surface area contributed by atoms with Crippen LogP contribution >= 0.6 is 0 Å². The minimum Gasteiger partial charge on any atom is -0.506 e. The highest BCUT2D eigenvalue weighted by atomic mass is 32.2. The van der Waals surface area contributed by atoms with E-state index in [-0.39, 0.29) is 26.8 Å². The number of aryl methyl sites for hydroxylation is 1. The van der Waals surface area contributed by atoms with Crippen LogP contribution in [0.1, 0.15) is 11.3 Å². The van der Waals surface area contributed by atoms with Gasteiger partial charge in [-0.25, -0.2) is 8.42 Å². The number of anilines is 1. The molecule has 0 fully saturated rings. The second-order valence-electron chi connectivity index (χ2n) is 5.93. The molecule has 0 unspecified atom stereocenters. The zero-order valence-corrected chi connectivity index (χ0v) is 16.0. The van der Waals surface area contributed by atoms with Gasteiger partial charge in [-0.1, -0.05) is 23.4 Å². The largest absolute Gasteiger partial charge is 0.506 e. The summed E-state index contributed by atoms with van der Waals surface area (Å²) in [6, 6.07) is 15.1. The first kappa shape index (κ1) is 19.9. The van der Waals surface area contributed by atoms with Gasteiger partial charge in [-0.2, -0.15) is 5.26 Å². The third kappa shape index (κ3) is 4.02. The van der Waals surface area contributed by atoms with Crippen molar-refractivity contribution in [3.05, 3.63) is 77.7 Å². The Hall–Kier alpha value is -3.90. The van der Waals surface area contributed by atoms with E-state index in [0.29, 0.717) is 0 Å². The van der Waals surface area contributed by atoms with Crippen LogP contribution in [0.4, 0.5) is 5.69 Å². The first-order chi connectivity index (χ1) is 13.8. The summed E-state index contributed by atoms with van der Waals surface area (Å²) in [5.41, 5.74) is -0.150. The van der Waals surface area contributed by atoms with Gasteiger partial charge in [0.25, 0.3) is 5.91 Å². The maximum atomic E-state index is 12.6. The topological polar surface area (TPSA) is 133 Å². The summed E-state index contributed by atoms with van der Waals surface area (Å²) >= 11 is 0. The Morgan fingerprint density at radius 1 is 1.10 bits per heavy atom. The van der Waals surface area contributed by atoms with Crippen LogP contribution in [0.15, 0.2) is 80.7 Å². The minimum atomic E-state index is -3.68. The van der Waals surface area contributed by atoms with Gasteiger partial charge in [0.2, 0.25) is 9.84 Å². The summed E-state index contributed by atoms with van der Waals surface area (Å²) in [7, 11) is -3.68. The molecule has 1 heterocycles. The molecule has 1 aromatic heterocycles. The second-order valence-corrected chi connectivity index (χ2v) is 7.88. The summed E-state index contributed by atoms with van der Waals surface area (Å²) in [4.78, 5) is 12.6. The lowest BCUT2D eigenvalue weighted by Crippen LogP contribution is -2.15. The van der Waals surface area contributed by atoms with E-state index in [0.717, 1.165) is 0 Å². The first-order valence-corrected chi connectivity index (χ1v) is 9.79. The van der Waals surface area contributed by atoms with Gasteiger partial charge in [-0.15, -0.1) is 0 Å². The average molecular weight is 409 g/mol. The molecular formula is C20H15N3O5S. The van der Waals surface area contributed by atoms with Crippen LogP contribution in [0, 0.1) is 18.3 Å². The van der Waals surface area contributed by atoms with Crippen LogP contribution in [-0.2, 0) is 14.6 Å². The van der Waals surface area contributed by atoms with Gasteiger partial charge >= 0.3 is 0 Å². The number of nitriles is 1. The summed E-state index contributed by atoms with van der Waals surface area (Å²) in [5.74, 6) is -1.17. The van der Waals surface area contributed by atoms with Crippen molar-refractivity contribution in [2.45, 2.75) is 16.7 Å². The number of aliphatic hydroxyl groups excluding tert-OH is 1. The van der Waals surface area contributed by atoms with Gasteiger partial charge in [-0.3, -0.25) is 4.79 Å². The highest BCUT2D eigenvalue weighted by Gasteiger charge is 2.21. The third-order valence-electron chi connectivity index (χ3n) is 4.06. The Kier molecular flexibility index (Phi) is 5.47. The normalized spacial score (nSPS) is 12.0. The molecule has 0 spiro atoms. The Morgan fingerprint density at radius 2 is 1.72 bits per heavy atom. The van der Waals surface area contributed by atoms with E-state index in [1.54, 1.807) is 24.3 Å². The number of rotatable bonds is 5. The number of benzene rings is 2. The van der Waals surface area contributed by atoms with Gasteiger partial charge in [0.1, 0.15) is 11.8 Å². The van der Waals surface area contributed by atoms with Crippen molar-refractivity contribution in [3.8, 4) is 6.07 Å². The number of aromatic nitrogens is 1. The maximum Gasteiger partial charge on any atom is 0.270 e. The summed E-state index contributed by atoms with van der Waals surface area (Å²) in [6.45, 7) is 1.53. The fourth-order valence-electron chi connectivity index (χ4n) is 2.52. The molecule has 0 aliphatic rings. The molecule has 0 aliphatic carbocycles. The van der Waals surface area contributed by atoms with Crippen molar-refractivity contribution in [1.29, 1.82) is 5.26 Å². The van der Waals surface area contributed by atoms with Crippen LogP contribution in [-0.4, -0.2) is 24.6 Å². The number of aliphatic hydroxyl groups is 1. The molecular weight excluding hydrogens is 394 g/mol. The van der Waals surface area contributed by atoms with E-state index < -0.39 is 27.1 Å². The molecule has 3 aromatic rings. The summed E-state index contributed by atoms with van der Waals surface area (Å²) in [6.07, 6.45) is 1.19. The highest BCUT2D eigenvalue weighted by Crippen LogP contribution is 2.23. The van der Waals surface area contributed by atoms with Crippen LogP contribution in [0.3, 0.4) is 0 Å². The fourth-order valence-corrected chi connectivity index (χ4v) is 3.80. The lowest BCUT2D eigenvalue weighted by atomic mass is 10.1. The molecule has 8 nitrogen and oxygen atoms in total. The van der Waals surface area contributed by atoms with Crippen molar-refractivity contribution in [2.75, 3.05) is 5.32 Å². The van der Waals surface area contributed by atoms with Gasteiger partial charge in [-0.05, 0) is 43.3 Å². The number of sulfone groups is 1. The molecule has 0 atom stereocenters. The standard InChI is InChI=1S/C20H15N3O5S/c1-13-18(12-22-28-13)19(24)17(11-21)20(25)23-14-7-9-16(10-8-14)29(26,27)15-5-3-2-4-6-15/h2-10,12,24H,1H3,(H,23,25)/b19-17-. The van der Waals surface area contributed by atoms with Crippen LogP contribution in [0.5, 0.6) is 0 Å². The molecule has 3 rings (SSSR count). The van der Waals surface area contributed by atoms with E-state index >= 15 is 0 Å². The summed E-state index contributed by atoms with van der Waals surface area (Å²) < 4.78 is 30.0. The number of hydrogen-bond acceptors (Lipinski definition) is 7. The fraction of sp³-hybridized carbons (Fsp3) is 0.0500. The molecule has 0 bridgehead atoms. The average Bonchev–Trinajstić information content (AvgIpc) is 3.15. The van der Waals surface area contributed by atoms with Crippen molar-refractivity contribution < 1.29 is 22.8 Å². The molecule has 0 saturated heterocycles. The number of carbonyl (C=O) groups excluding carboxylic acids is 1. The lowest BCUT2D eigenvalue weighted by Gasteiger charge is -2.08. The van der Waals surface area contributed by atoms with Crippen LogP contribution < -0.4 is 5.32 Å². The van der Waals surface area contributed by atoms with Gasteiger partial charge in [0.15, 0.2) is 11.3 Å². The molecule has 0 radical (unpaired) electrons. The van der Waals surface area contributed by atoms with E-state index in [2.05, 4.69) is 10.5 Å². The zero-order valence-electron chi connectivity index (χ0n) is 15.2. The first-order valence-electron chi connectivity index (χ1n) is 8.31. The third-order valence-corrected chi connectivity index (χ3v) is 5.84. The van der Waals surface area contributed by atoms with E-state index in [1.807, 2.05) is 0 Å². The Morgan fingerprint density at radius 3 is 2.28 bits per heavy atom. The smallest absolute Gasteiger partial charge is 0.270 e. The molecule has 0 aliphatic heterocycles. The maximum absolute atomic E-state index is 12.6. The summed E-state index contributed by atoms with van der Waals surface area (Å²) in [5, 5.41) is 25.4. The number of carbonyl (C=O) groups is 1. The minimum absolute atomic E-state index is 0.0562. The number of hydrogen-bond donors (Lipinski definition) is 2. The van der Waals surface area contributed by atoms with E-state index in [4.69, 9.17) is 4.52 Å². The van der Waals surface area contributed by atoms with Crippen molar-refractivity contribution in [1.82, 2.24) is 5.16 Å².